The van der Waals surface area contributed by atoms with E-state index in [0.29, 0.717) is 43.8 Å². The first-order valence-electron chi connectivity index (χ1n) is 8.80. The summed E-state index contributed by atoms with van der Waals surface area (Å²) >= 11 is 6.28. The van der Waals surface area contributed by atoms with Gasteiger partial charge in [-0.2, -0.15) is 0 Å². The van der Waals surface area contributed by atoms with Crippen molar-refractivity contribution in [2.45, 2.75) is 20.1 Å². The van der Waals surface area contributed by atoms with Crippen LogP contribution in [0.4, 0.5) is 0 Å². The number of fused-ring (bicyclic) bond motifs is 5. The summed E-state index contributed by atoms with van der Waals surface area (Å²) in [7, 11) is 0. The maximum Gasteiger partial charge on any atom is 0.237 e. The van der Waals surface area contributed by atoms with Crippen LogP contribution >= 0.6 is 11.6 Å². The molecule has 2 aliphatic heterocycles. The minimum Gasteiger partial charge on any atom is -0.474 e. The topological polar surface area (TPSA) is 79.3 Å². The molecule has 0 amide bonds. The van der Waals surface area contributed by atoms with Gasteiger partial charge in [0.05, 0.1) is 24.5 Å². The largest absolute Gasteiger partial charge is 0.474 e. The Kier molecular flexibility index (Phi) is 3.95. The van der Waals surface area contributed by atoms with Crippen molar-refractivity contribution in [3.63, 3.8) is 0 Å². The standard InChI is InChI=1S/C18H17ClN6O2/c1-2-26-9-15-22-23-17-12-7-11(19)3-4-13(12)25-10-21-16(14(25)8-24(15)17)18-20-5-6-27-18/h3-4,7,10H,2,5-6,8-9H2,1H3. The van der Waals surface area contributed by atoms with Gasteiger partial charge in [0, 0.05) is 17.2 Å². The number of benzene rings is 1. The van der Waals surface area contributed by atoms with E-state index in [4.69, 9.17) is 21.1 Å². The number of rotatable bonds is 4. The maximum absolute atomic E-state index is 6.28. The molecule has 0 bridgehead atoms. The first kappa shape index (κ1) is 16.5. The van der Waals surface area contributed by atoms with Gasteiger partial charge < -0.3 is 14.0 Å². The van der Waals surface area contributed by atoms with E-state index < -0.39 is 0 Å². The zero-order valence-corrected chi connectivity index (χ0v) is 15.5. The van der Waals surface area contributed by atoms with Crippen molar-refractivity contribution in [1.29, 1.82) is 0 Å². The molecule has 5 rings (SSSR count). The van der Waals surface area contributed by atoms with E-state index in [0.717, 1.165) is 34.3 Å². The zero-order valence-electron chi connectivity index (χ0n) is 14.7. The maximum atomic E-state index is 6.28. The van der Waals surface area contributed by atoms with Crippen LogP contribution in [-0.2, 0) is 22.6 Å². The highest BCUT2D eigenvalue weighted by atomic mass is 35.5. The molecule has 2 aliphatic rings. The van der Waals surface area contributed by atoms with Gasteiger partial charge in [-0.05, 0) is 25.1 Å². The fourth-order valence-electron chi connectivity index (χ4n) is 3.44. The van der Waals surface area contributed by atoms with E-state index in [2.05, 4.69) is 20.2 Å². The number of hydrogen-bond acceptors (Lipinski definition) is 6. The minimum absolute atomic E-state index is 0.389. The summed E-state index contributed by atoms with van der Waals surface area (Å²) in [4.78, 5) is 9.02. The highest BCUT2D eigenvalue weighted by Gasteiger charge is 2.28. The van der Waals surface area contributed by atoms with E-state index in [1.807, 2.05) is 34.3 Å². The van der Waals surface area contributed by atoms with Crippen LogP contribution in [0.2, 0.25) is 5.02 Å². The number of hydrogen-bond donors (Lipinski definition) is 0. The Morgan fingerprint density at radius 2 is 2.22 bits per heavy atom. The minimum atomic E-state index is 0.389. The second-order valence-corrected chi connectivity index (χ2v) is 6.71. The summed E-state index contributed by atoms with van der Waals surface area (Å²) in [6, 6.07) is 5.73. The van der Waals surface area contributed by atoms with Gasteiger partial charge in [-0.15, -0.1) is 10.2 Å². The highest BCUT2D eigenvalue weighted by molar-refractivity contribution is 6.31. The van der Waals surface area contributed by atoms with Crippen molar-refractivity contribution in [1.82, 2.24) is 24.3 Å². The average Bonchev–Trinajstić information content (AvgIpc) is 3.39. The Morgan fingerprint density at radius 1 is 1.30 bits per heavy atom. The number of ether oxygens (including phenoxy) is 2. The predicted molar refractivity (Wildman–Crippen MR) is 99.4 cm³/mol. The third-order valence-electron chi connectivity index (χ3n) is 4.68. The summed E-state index contributed by atoms with van der Waals surface area (Å²) in [5, 5.41) is 9.41. The van der Waals surface area contributed by atoms with Crippen LogP contribution < -0.4 is 0 Å². The fourth-order valence-corrected chi connectivity index (χ4v) is 3.61. The number of aromatic nitrogens is 5. The Morgan fingerprint density at radius 3 is 3.04 bits per heavy atom. The fraction of sp³-hybridized carbons (Fsp3) is 0.333. The molecule has 1 aromatic carbocycles. The number of halogens is 1. The van der Waals surface area contributed by atoms with E-state index in [1.54, 1.807) is 6.33 Å². The molecular weight excluding hydrogens is 368 g/mol. The normalized spacial score (nSPS) is 14.8. The molecule has 0 aliphatic carbocycles. The molecule has 27 heavy (non-hydrogen) atoms. The Labute approximate surface area is 160 Å². The van der Waals surface area contributed by atoms with Gasteiger partial charge >= 0.3 is 0 Å². The Hall–Kier alpha value is -2.71. The van der Waals surface area contributed by atoms with E-state index in [1.165, 1.54) is 0 Å². The lowest BCUT2D eigenvalue weighted by atomic mass is 10.1. The first-order valence-corrected chi connectivity index (χ1v) is 9.18. The van der Waals surface area contributed by atoms with Crippen molar-refractivity contribution in [3.05, 3.63) is 46.8 Å². The van der Waals surface area contributed by atoms with Gasteiger partial charge in [-0.3, -0.25) is 4.57 Å². The van der Waals surface area contributed by atoms with Crippen LogP contribution in [0.5, 0.6) is 0 Å². The van der Waals surface area contributed by atoms with E-state index in [9.17, 15) is 0 Å². The molecule has 4 heterocycles. The van der Waals surface area contributed by atoms with Crippen molar-refractivity contribution >= 4 is 17.5 Å². The van der Waals surface area contributed by atoms with Crippen LogP contribution in [0.25, 0.3) is 17.1 Å². The summed E-state index contributed by atoms with van der Waals surface area (Å²) in [5.41, 5.74) is 3.56. The zero-order chi connectivity index (χ0) is 18.4. The van der Waals surface area contributed by atoms with E-state index >= 15 is 0 Å². The van der Waals surface area contributed by atoms with Gasteiger partial charge in [0.1, 0.15) is 25.2 Å². The van der Waals surface area contributed by atoms with Gasteiger partial charge in [-0.25, -0.2) is 9.98 Å². The van der Waals surface area contributed by atoms with Crippen LogP contribution in [0, 0.1) is 0 Å². The predicted octanol–water partition coefficient (Wildman–Crippen LogP) is 2.46. The molecule has 0 unspecified atom stereocenters. The molecular formula is C18H17ClN6O2. The summed E-state index contributed by atoms with van der Waals surface area (Å²) in [6.45, 7) is 4.73. The second-order valence-electron chi connectivity index (χ2n) is 6.27. The summed E-state index contributed by atoms with van der Waals surface area (Å²) in [6.07, 6.45) is 1.80. The summed E-state index contributed by atoms with van der Waals surface area (Å²) in [5.74, 6) is 2.10. The molecule has 8 nitrogen and oxygen atoms in total. The lowest BCUT2D eigenvalue weighted by Crippen LogP contribution is -2.13. The third-order valence-corrected chi connectivity index (χ3v) is 4.92. The second kappa shape index (κ2) is 6.47. The lowest BCUT2D eigenvalue weighted by Gasteiger charge is -2.10. The molecule has 2 aromatic heterocycles. The van der Waals surface area contributed by atoms with Gasteiger partial charge in [0.25, 0.3) is 0 Å². The van der Waals surface area contributed by atoms with Crippen molar-refractivity contribution in [3.8, 4) is 17.1 Å². The van der Waals surface area contributed by atoms with Gasteiger partial charge in [0.2, 0.25) is 5.90 Å². The van der Waals surface area contributed by atoms with Gasteiger partial charge in [-0.1, -0.05) is 11.6 Å². The Balaban J connectivity index is 1.73. The average molecular weight is 385 g/mol. The first-order chi connectivity index (χ1) is 13.3. The van der Waals surface area contributed by atoms with Crippen molar-refractivity contribution in [2.75, 3.05) is 19.8 Å². The molecule has 0 spiro atoms. The quantitative estimate of drug-likeness (QED) is 0.540. The Bertz CT molecular complexity index is 1050. The molecule has 138 valence electrons. The van der Waals surface area contributed by atoms with Gasteiger partial charge in [0.15, 0.2) is 11.6 Å². The molecule has 0 fully saturated rings. The van der Waals surface area contributed by atoms with Crippen molar-refractivity contribution < 1.29 is 9.47 Å². The smallest absolute Gasteiger partial charge is 0.237 e. The summed E-state index contributed by atoms with van der Waals surface area (Å²) < 4.78 is 15.3. The molecule has 3 aromatic rings. The molecule has 0 N–H and O–H groups in total. The highest BCUT2D eigenvalue weighted by Crippen LogP contribution is 2.34. The molecule has 9 heteroatoms. The molecule has 0 radical (unpaired) electrons. The third kappa shape index (κ3) is 2.64. The molecule has 0 atom stereocenters. The van der Waals surface area contributed by atoms with E-state index in [-0.39, 0.29) is 0 Å². The van der Waals surface area contributed by atoms with Crippen molar-refractivity contribution in [2.24, 2.45) is 4.99 Å². The van der Waals surface area contributed by atoms with Crippen LogP contribution in [0.3, 0.4) is 0 Å². The van der Waals surface area contributed by atoms with Crippen LogP contribution in [-0.4, -0.2) is 50.0 Å². The number of nitrogens with zero attached hydrogens (tertiary/aromatic N) is 6. The van der Waals surface area contributed by atoms with Crippen LogP contribution in [0.1, 0.15) is 24.1 Å². The monoisotopic (exact) mass is 384 g/mol. The number of aliphatic imine (C=N–C) groups is 1. The molecule has 0 saturated heterocycles. The SMILES string of the molecule is CCOCc1nnc2n1Cc1c(C3=NCCO3)ncn1-c1ccc(Cl)cc1-2. The molecule has 0 saturated carbocycles. The van der Waals surface area contributed by atoms with Crippen LogP contribution in [0.15, 0.2) is 29.5 Å². The number of imidazole rings is 1. The lowest BCUT2D eigenvalue weighted by molar-refractivity contribution is 0.125.